The van der Waals surface area contributed by atoms with Gasteiger partial charge in [-0.2, -0.15) is 5.10 Å². The lowest BCUT2D eigenvalue weighted by atomic mass is 9.51. The highest BCUT2D eigenvalue weighted by molar-refractivity contribution is 14.1. The number of phenols is 1. The van der Waals surface area contributed by atoms with E-state index in [1.54, 1.807) is 48.2 Å². The molecule has 3 aromatic carbocycles. The van der Waals surface area contributed by atoms with Crippen molar-refractivity contribution in [3.05, 3.63) is 92.0 Å². The van der Waals surface area contributed by atoms with Crippen molar-refractivity contribution in [2.75, 3.05) is 24.0 Å². The summed E-state index contributed by atoms with van der Waals surface area (Å²) >= 11 is 10.1. The minimum absolute atomic E-state index is 0.101. The molecule has 1 N–H and O–H groups in total. The van der Waals surface area contributed by atoms with Gasteiger partial charge in [0.25, 0.3) is 0 Å². The molecule has 0 unspecified atom stereocenters. The van der Waals surface area contributed by atoms with Crippen molar-refractivity contribution < 1.29 is 33.8 Å². The molecule has 2 aromatic heterocycles. The van der Waals surface area contributed by atoms with Crippen molar-refractivity contribution in [3.8, 4) is 27.8 Å². The maximum Gasteiger partial charge on any atom is 0.242 e. The zero-order valence-electron chi connectivity index (χ0n) is 31.0. The number of hydrogen-bond donors (Lipinski definition) is 1. The Balaban J connectivity index is 1.19. The number of nitrogens with zero attached hydrogens (tertiary/aromatic N) is 4. The SMILES string of the molecule is COc1cc(O)cc(OC)c1[C@H]1C2=CC[C@@H]3C(=O)N(c4ccc(I)cc4)C(=O)[C@@H]3[C@@H]2C[C@H]2C(=O)N(c3cc(-c4sc5ccc(Cl)cc5c4C)nn3C)C(=O)[C@@]12C. The molecule has 2 aliphatic heterocycles. The maximum absolute atomic E-state index is 15.3. The highest BCUT2D eigenvalue weighted by atomic mass is 127. The second-order valence-corrected chi connectivity index (χ2v) is 17.9. The predicted octanol–water partition coefficient (Wildman–Crippen LogP) is 8.03. The number of allylic oxidation sites excluding steroid dienone is 2. The first-order chi connectivity index (χ1) is 26.8. The number of rotatable bonds is 6. The van der Waals surface area contributed by atoms with Gasteiger partial charge in [-0.25, -0.2) is 4.90 Å². The molecule has 4 amide bonds. The number of phenolic OH excluding ortho intramolecular Hbond substituents is 1. The molecule has 56 heavy (non-hydrogen) atoms. The number of hydrogen-bond acceptors (Lipinski definition) is 9. The van der Waals surface area contributed by atoms with Gasteiger partial charge in [0.15, 0.2) is 0 Å². The second-order valence-electron chi connectivity index (χ2n) is 15.1. The molecule has 2 aliphatic carbocycles. The topological polar surface area (TPSA) is 131 Å². The Hall–Kier alpha value is -4.73. The Morgan fingerprint density at radius 1 is 0.929 bits per heavy atom. The third-order valence-corrected chi connectivity index (χ3v) is 14.6. The van der Waals surface area contributed by atoms with Crippen LogP contribution in [0.1, 0.15) is 36.8 Å². The van der Waals surface area contributed by atoms with Crippen LogP contribution in [-0.4, -0.2) is 52.7 Å². The van der Waals surface area contributed by atoms with E-state index in [2.05, 4.69) is 22.6 Å². The number of aromatic nitrogens is 2. The van der Waals surface area contributed by atoms with Gasteiger partial charge in [-0.15, -0.1) is 11.3 Å². The van der Waals surface area contributed by atoms with Crippen LogP contribution in [0.2, 0.25) is 5.02 Å². The number of benzene rings is 3. The third kappa shape index (κ3) is 5.15. The third-order valence-electron chi connectivity index (χ3n) is 12.4. The first kappa shape index (κ1) is 36.9. The molecule has 286 valence electrons. The second kappa shape index (κ2) is 13.2. The number of carbonyl (C=O) groups excluding carboxylic acids is 4. The van der Waals surface area contributed by atoms with Crippen LogP contribution in [0.5, 0.6) is 17.2 Å². The van der Waals surface area contributed by atoms with E-state index in [9.17, 15) is 14.7 Å². The number of aromatic hydroxyl groups is 1. The number of methoxy groups -OCH3 is 2. The van der Waals surface area contributed by atoms with Crippen molar-refractivity contribution >= 4 is 90.7 Å². The summed E-state index contributed by atoms with van der Waals surface area (Å²) in [5.74, 6) is -4.36. The fourth-order valence-corrected chi connectivity index (χ4v) is 11.5. The van der Waals surface area contributed by atoms with E-state index in [1.165, 1.54) is 36.2 Å². The van der Waals surface area contributed by atoms with E-state index in [0.717, 1.165) is 29.7 Å². The van der Waals surface area contributed by atoms with E-state index in [4.69, 9.17) is 26.2 Å². The van der Waals surface area contributed by atoms with Crippen molar-refractivity contribution in [3.63, 3.8) is 0 Å². The van der Waals surface area contributed by atoms with Crippen molar-refractivity contribution in [1.82, 2.24) is 9.78 Å². The molecular weight excluding hydrogens is 867 g/mol. The normalized spacial score (nSPS) is 25.8. The van der Waals surface area contributed by atoms with Crippen LogP contribution in [0, 0.1) is 39.6 Å². The predicted molar refractivity (Wildman–Crippen MR) is 221 cm³/mol. The van der Waals surface area contributed by atoms with E-state index in [0.29, 0.717) is 27.8 Å². The van der Waals surface area contributed by atoms with Crippen LogP contribution in [0.3, 0.4) is 0 Å². The van der Waals surface area contributed by atoms with Crippen LogP contribution in [0.15, 0.2) is 72.3 Å². The molecule has 0 bridgehead atoms. The molecule has 4 aliphatic rings. The van der Waals surface area contributed by atoms with Gasteiger partial charge in [0, 0.05) is 50.0 Å². The maximum atomic E-state index is 15.3. The summed E-state index contributed by atoms with van der Waals surface area (Å²) in [6, 6.07) is 17.7. The smallest absolute Gasteiger partial charge is 0.242 e. The number of halogens is 2. The standard InChI is InChI=1S/C42H36ClIN4O7S/c1-19-26-14-20(43)6-13-32(26)56-37(19)29-18-33(46(3)45-29)48-39(51)28-17-27-24(11-12-25-34(27)40(52)47(38(25)50)22-9-7-21(44)8-10-22)36(42(28,2)41(48)53)35-30(54-4)15-23(49)16-31(35)55-5/h6-11,13-16,18,25,27-28,34,36,49H,12,17H2,1-5H3/t25-,27+,28-,34-,36+,42+/m0/s1. The van der Waals surface area contributed by atoms with Gasteiger partial charge in [-0.3, -0.25) is 28.8 Å². The van der Waals surface area contributed by atoms with Crippen LogP contribution in [-0.2, 0) is 26.2 Å². The van der Waals surface area contributed by atoms with E-state index in [1.807, 2.05) is 43.3 Å². The van der Waals surface area contributed by atoms with Crippen molar-refractivity contribution in [2.24, 2.45) is 36.1 Å². The molecule has 2 saturated heterocycles. The number of amides is 4. The number of anilines is 2. The number of fused-ring (bicyclic) bond motifs is 5. The first-order valence-electron chi connectivity index (χ1n) is 18.2. The minimum Gasteiger partial charge on any atom is -0.508 e. The fraction of sp³-hybridized carbons (Fsp3) is 0.310. The van der Waals surface area contributed by atoms with Gasteiger partial charge in [0.05, 0.1) is 48.0 Å². The minimum atomic E-state index is -1.39. The summed E-state index contributed by atoms with van der Waals surface area (Å²) in [5.41, 5.74) is 1.96. The molecule has 11 nitrogen and oxygen atoms in total. The number of imide groups is 2. The first-order valence-corrected chi connectivity index (χ1v) is 20.4. The lowest BCUT2D eigenvalue weighted by Crippen LogP contribution is -2.49. The Bertz CT molecular complexity index is 2560. The van der Waals surface area contributed by atoms with Crippen LogP contribution in [0.4, 0.5) is 11.5 Å². The Morgan fingerprint density at radius 3 is 2.30 bits per heavy atom. The molecule has 3 fully saturated rings. The van der Waals surface area contributed by atoms with Gasteiger partial charge in [0.1, 0.15) is 28.8 Å². The lowest BCUT2D eigenvalue weighted by molar-refractivity contribution is -0.131. The van der Waals surface area contributed by atoms with E-state index < -0.39 is 46.8 Å². The van der Waals surface area contributed by atoms with Crippen molar-refractivity contribution in [1.29, 1.82) is 0 Å². The summed E-state index contributed by atoms with van der Waals surface area (Å²) in [6.07, 6.45) is 2.42. The average Bonchev–Trinajstić information content (AvgIpc) is 3.85. The molecule has 1 saturated carbocycles. The molecule has 0 spiro atoms. The molecular formula is C42H36ClIN4O7S. The summed E-state index contributed by atoms with van der Waals surface area (Å²) < 4.78 is 15.3. The summed E-state index contributed by atoms with van der Waals surface area (Å²) in [6.45, 7) is 3.80. The van der Waals surface area contributed by atoms with Gasteiger partial charge in [-0.1, -0.05) is 23.3 Å². The Labute approximate surface area is 345 Å². The Kier molecular flexibility index (Phi) is 8.67. The largest absolute Gasteiger partial charge is 0.508 e. The Morgan fingerprint density at radius 2 is 1.62 bits per heavy atom. The van der Waals surface area contributed by atoms with Gasteiger partial charge in [0.2, 0.25) is 23.6 Å². The molecule has 4 heterocycles. The van der Waals surface area contributed by atoms with Gasteiger partial charge in [-0.05, 0) is 109 Å². The quantitative estimate of drug-likeness (QED) is 0.103. The lowest BCUT2D eigenvalue weighted by Gasteiger charge is -2.49. The highest BCUT2D eigenvalue weighted by Crippen LogP contribution is 2.66. The summed E-state index contributed by atoms with van der Waals surface area (Å²) in [5, 5.41) is 17.1. The fourth-order valence-electron chi connectivity index (χ4n) is 9.81. The summed E-state index contributed by atoms with van der Waals surface area (Å²) in [4.78, 5) is 62.4. The number of carbonyl (C=O) groups is 4. The molecule has 5 aromatic rings. The van der Waals surface area contributed by atoms with Gasteiger partial charge < -0.3 is 14.6 Å². The number of thiophene rings is 1. The van der Waals surface area contributed by atoms with Crippen molar-refractivity contribution in [2.45, 2.75) is 32.6 Å². The molecule has 9 rings (SSSR count). The van der Waals surface area contributed by atoms with Crippen LogP contribution >= 0.6 is 45.5 Å². The molecule has 14 heteroatoms. The van der Waals surface area contributed by atoms with E-state index in [-0.39, 0.29) is 41.9 Å². The zero-order valence-corrected chi connectivity index (χ0v) is 34.7. The van der Waals surface area contributed by atoms with Crippen LogP contribution < -0.4 is 19.3 Å². The van der Waals surface area contributed by atoms with E-state index >= 15 is 9.59 Å². The number of aryl methyl sites for hydroxylation is 2. The average molecular weight is 903 g/mol. The summed E-state index contributed by atoms with van der Waals surface area (Å²) in [7, 11) is 4.65. The van der Waals surface area contributed by atoms with Gasteiger partial charge >= 0.3 is 0 Å². The molecule has 0 radical (unpaired) electrons. The molecule has 6 atom stereocenters. The monoisotopic (exact) mass is 902 g/mol. The van der Waals surface area contributed by atoms with Crippen LogP contribution in [0.25, 0.3) is 20.7 Å². The highest BCUT2D eigenvalue weighted by Gasteiger charge is 2.68. The zero-order chi connectivity index (χ0) is 39.5. The number of ether oxygens (including phenoxy) is 2.